The fourth-order valence-electron chi connectivity index (χ4n) is 1.51. The van der Waals surface area contributed by atoms with Gasteiger partial charge in [-0.2, -0.15) is 4.98 Å². The van der Waals surface area contributed by atoms with Crippen LogP contribution in [0.2, 0.25) is 10.4 Å². The topological polar surface area (TPSA) is 43.6 Å². The Morgan fingerprint density at radius 1 is 1.25 bits per heavy atom. The zero-order valence-electron chi connectivity index (χ0n) is 8.91. The van der Waals surface area contributed by atoms with Gasteiger partial charge in [0.25, 0.3) is 0 Å². The second-order valence-corrected chi connectivity index (χ2v) is 3.99. The number of nitrogens with zero attached hydrogens (tertiary/aromatic N) is 4. The first-order chi connectivity index (χ1) is 7.63. The molecule has 0 saturated carbocycles. The lowest BCUT2D eigenvalue weighted by Gasteiger charge is -2.03. The van der Waals surface area contributed by atoms with Crippen molar-refractivity contribution in [2.75, 3.05) is 0 Å². The summed E-state index contributed by atoms with van der Waals surface area (Å²) >= 11 is 11.8. The second kappa shape index (κ2) is 4.39. The van der Waals surface area contributed by atoms with Gasteiger partial charge in [-0.05, 0) is 25.4 Å². The molecule has 0 radical (unpaired) electrons. The predicted molar refractivity (Wildman–Crippen MR) is 64.9 cm³/mol. The fraction of sp³-hybridized carbons (Fsp3) is 0.300. The summed E-state index contributed by atoms with van der Waals surface area (Å²) in [6.45, 7) is 4.56. The van der Waals surface area contributed by atoms with Crippen molar-refractivity contribution in [3.05, 3.63) is 28.4 Å². The molecule has 16 heavy (non-hydrogen) atoms. The first kappa shape index (κ1) is 11.4. The molecular formula is C10H10Cl2N4. The summed E-state index contributed by atoms with van der Waals surface area (Å²) in [4.78, 5) is 12.3. The van der Waals surface area contributed by atoms with Gasteiger partial charge in [-0.15, -0.1) is 0 Å². The Bertz CT molecular complexity index is 559. The summed E-state index contributed by atoms with van der Waals surface area (Å²) in [5.41, 5.74) is 1.26. The van der Waals surface area contributed by atoms with Crippen LogP contribution < -0.4 is 0 Å². The Labute approximate surface area is 103 Å². The Balaban J connectivity index is 2.68. The van der Waals surface area contributed by atoms with Crippen LogP contribution in [0.5, 0.6) is 0 Å². The van der Waals surface area contributed by atoms with E-state index in [2.05, 4.69) is 15.0 Å². The number of allylic oxidation sites excluding steroid dienone is 2. The highest BCUT2D eigenvalue weighted by atomic mass is 35.5. The summed E-state index contributed by atoms with van der Waals surface area (Å²) in [6, 6.07) is 0. The molecule has 6 heteroatoms. The quantitative estimate of drug-likeness (QED) is 0.472. The highest BCUT2D eigenvalue weighted by Gasteiger charge is 2.13. The first-order valence-electron chi connectivity index (χ1n) is 4.80. The third kappa shape index (κ3) is 1.90. The zero-order valence-corrected chi connectivity index (χ0v) is 10.4. The minimum Gasteiger partial charge on any atom is -0.320 e. The Hall–Kier alpha value is -1.13. The maximum atomic E-state index is 6.04. The molecule has 0 fully saturated rings. The minimum atomic E-state index is 0.119. The van der Waals surface area contributed by atoms with Gasteiger partial charge in [0, 0.05) is 6.54 Å². The summed E-state index contributed by atoms with van der Waals surface area (Å²) in [5, 5.41) is 0.452. The molecule has 4 nitrogen and oxygen atoms in total. The molecule has 0 saturated heterocycles. The van der Waals surface area contributed by atoms with Crippen LogP contribution in [0.3, 0.4) is 0 Å². The summed E-state index contributed by atoms with van der Waals surface area (Å²) < 4.78 is 1.95. The van der Waals surface area contributed by atoms with E-state index in [1.54, 1.807) is 0 Å². The molecule has 2 aromatic heterocycles. The maximum absolute atomic E-state index is 6.04. The van der Waals surface area contributed by atoms with E-state index >= 15 is 0 Å². The highest BCUT2D eigenvalue weighted by molar-refractivity contribution is 6.35. The van der Waals surface area contributed by atoms with Crippen LogP contribution in [0.25, 0.3) is 11.2 Å². The Kier molecular flexibility index (Phi) is 3.12. The SMILES string of the molecule is CC=CCn1c(C)nc2nc(Cl)nc(Cl)c21. The van der Waals surface area contributed by atoms with E-state index < -0.39 is 0 Å². The van der Waals surface area contributed by atoms with Gasteiger partial charge < -0.3 is 4.57 Å². The molecule has 0 aliphatic carbocycles. The molecule has 0 aliphatic rings. The molecule has 0 N–H and O–H groups in total. The van der Waals surface area contributed by atoms with E-state index in [-0.39, 0.29) is 5.28 Å². The number of hydrogen-bond acceptors (Lipinski definition) is 3. The number of fused-ring (bicyclic) bond motifs is 1. The van der Waals surface area contributed by atoms with Crippen LogP contribution in [0.4, 0.5) is 0 Å². The maximum Gasteiger partial charge on any atom is 0.225 e. The molecule has 0 aromatic carbocycles. The standard InChI is InChI=1S/C10H10Cl2N4/c1-3-4-5-16-6(2)13-9-7(16)8(11)14-10(12)15-9/h3-4H,5H2,1-2H3. The smallest absolute Gasteiger partial charge is 0.225 e. The number of aromatic nitrogens is 4. The Morgan fingerprint density at radius 2 is 2.00 bits per heavy atom. The van der Waals surface area contributed by atoms with Gasteiger partial charge in [-0.3, -0.25) is 0 Å². The number of rotatable bonds is 2. The van der Waals surface area contributed by atoms with Crippen LogP contribution in [0.1, 0.15) is 12.7 Å². The lowest BCUT2D eigenvalue weighted by atomic mass is 10.4. The van der Waals surface area contributed by atoms with Crippen LogP contribution in [-0.2, 0) is 6.54 Å². The van der Waals surface area contributed by atoms with E-state index in [0.29, 0.717) is 17.3 Å². The minimum absolute atomic E-state index is 0.119. The molecule has 0 aliphatic heterocycles. The van der Waals surface area contributed by atoms with Gasteiger partial charge in [0.2, 0.25) is 5.28 Å². The summed E-state index contributed by atoms with van der Waals surface area (Å²) in [6.07, 6.45) is 3.98. The van der Waals surface area contributed by atoms with Crippen molar-refractivity contribution in [1.82, 2.24) is 19.5 Å². The van der Waals surface area contributed by atoms with Crippen molar-refractivity contribution in [3.8, 4) is 0 Å². The van der Waals surface area contributed by atoms with E-state index in [0.717, 1.165) is 11.3 Å². The summed E-state index contributed by atoms with van der Waals surface area (Å²) in [7, 11) is 0. The molecule has 0 bridgehead atoms. The largest absolute Gasteiger partial charge is 0.320 e. The average Bonchev–Trinajstić information content (AvgIpc) is 2.51. The molecule has 0 amide bonds. The van der Waals surface area contributed by atoms with Crippen molar-refractivity contribution >= 4 is 34.4 Å². The molecular weight excluding hydrogens is 247 g/mol. The third-order valence-corrected chi connectivity index (χ3v) is 2.68. The summed E-state index contributed by atoms with van der Waals surface area (Å²) in [5.74, 6) is 0.839. The van der Waals surface area contributed by atoms with Gasteiger partial charge in [-0.1, -0.05) is 23.8 Å². The van der Waals surface area contributed by atoms with Crippen molar-refractivity contribution in [3.63, 3.8) is 0 Å². The van der Waals surface area contributed by atoms with E-state index in [1.807, 2.05) is 30.6 Å². The first-order valence-corrected chi connectivity index (χ1v) is 5.56. The van der Waals surface area contributed by atoms with E-state index in [1.165, 1.54) is 0 Å². The molecule has 0 atom stereocenters. The lowest BCUT2D eigenvalue weighted by molar-refractivity contribution is 0.804. The van der Waals surface area contributed by atoms with Crippen LogP contribution in [0, 0.1) is 6.92 Å². The van der Waals surface area contributed by atoms with Crippen LogP contribution in [0.15, 0.2) is 12.2 Å². The second-order valence-electron chi connectivity index (χ2n) is 3.29. The van der Waals surface area contributed by atoms with E-state index in [4.69, 9.17) is 23.2 Å². The molecule has 2 heterocycles. The van der Waals surface area contributed by atoms with Crippen LogP contribution in [-0.4, -0.2) is 19.5 Å². The van der Waals surface area contributed by atoms with Crippen molar-refractivity contribution < 1.29 is 0 Å². The molecule has 2 rings (SSSR count). The van der Waals surface area contributed by atoms with Crippen LogP contribution >= 0.6 is 23.2 Å². The third-order valence-electron chi connectivity index (χ3n) is 2.25. The Morgan fingerprint density at radius 3 is 2.69 bits per heavy atom. The normalized spacial score (nSPS) is 11.8. The lowest BCUT2D eigenvalue weighted by Crippen LogP contribution is -1.99. The number of imidazole rings is 1. The van der Waals surface area contributed by atoms with Gasteiger partial charge in [0.05, 0.1) is 0 Å². The van der Waals surface area contributed by atoms with Gasteiger partial charge in [0.1, 0.15) is 11.3 Å². The average molecular weight is 257 g/mol. The number of aryl methyl sites for hydroxylation is 1. The predicted octanol–water partition coefficient (Wildman–Crippen LogP) is 3.02. The molecule has 2 aromatic rings. The molecule has 84 valence electrons. The van der Waals surface area contributed by atoms with Gasteiger partial charge >= 0.3 is 0 Å². The molecule has 0 unspecified atom stereocenters. The van der Waals surface area contributed by atoms with Gasteiger partial charge in [0.15, 0.2) is 10.8 Å². The van der Waals surface area contributed by atoms with Crippen molar-refractivity contribution in [1.29, 1.82) is 0 Å². The van der Waals surface area contributed by atoms with Gasteiger partial charge in [-0.25, -0.2) is 9.97 Å². The highest BCUT2D eigenvalue weighted by Crippen LogP contribution is 2.23. The van der Waals surface area contributed by atoms with E-state index in [9.17, 15) is 0 Å². The number of halogens is 2. The number of hydrogen-bond donors (Lipinski definition) is 0. The monoisotopic (exact) mass is 256 g/mol. The van der Waals surface area contributed by atoms with Crippen molar-refractivity contribution in [2.24, 2.45) is 0 Å². The zero-order chi connectivity index (χ0) is 11.7. The van der Waals surface area contributed by atoms with Crippen molar-refractivity contribution in [2.45, 2.75) is 20.4 Å². The fourth-order valence-corrected chi connectivity index (χ4v) is 1.99. The molecule has 0 spiro atoms.